The van der Waals surface area contributed by atoms with Gasteiger partial charge in [0.25, 0.3) is 0 Å². The van der Waals surface area contributed by atoms with E-state index in [1.54, 1.807) is 6.07 Å². The summed E-state index contributed by atoms with van der Waals surface area (Å²) < 4.78 is 0. The lowest BCUT2D eigenvalue weighted by Gasteiger charge is -2.42. The summed E-state index contributed by atoms with van der Waals surface area (Å²) in [5.41, 5.74) is 10.3. The van der Waals surface area contributed by atoms with Gasteiger partial charge in [-0.25, -0.2) is 4.98 Å². The van der Waals surface area contributed by atoms with E-state index in [0.29, 0.717) is 10.0 Å². The van der Waals surface area contributed by atoms with E-state index in [2.05, 4.69) is 29.6 Å². The summed E-state index contributed by atoms with van der Waals surface area (Å²) in [6.07, 6.45) is 5.80. The smallest absolute Gasteiger partial charge is 0.119 e. The zero-order chi connectivity index (χ0) is 20.7. The lowest BCUT2D eigenvalue weighted by molar-refractivity contribution is 0.149. The van der Waals surface area contributed by atoms with E-state index in [9.17, 15) is 0 Å². The van der Waals surface area contributed by atoms with Gasteiger partial charge in [-0.3, -0.25) is 4.98 Å². The van der Waals surface area contributed by atoms with Crippen LogP contribution < -0.4 is 11.1 Å². The monoisotopic (exact) mass is 492 g/mol. The third kappa shape index (κ3) is 3.97. The largest absolute Gasteiger partial charge is 0.323 e. The van der Waals surface area contributed by atoms with Crippen molar-refractivity contribution in [3.63, 3.8) is 0 Å². The van der Waals surface area contributed by atoms with E-state index >= 15 is 0 Å². The van der Waals surface area contributed by atoms with Gasteiger partial charge in [-0.05, 0) is 49.2 Å². The highest BCUT2D eigenvalue weighted by atomic mass is 35.5. The van der Waals surface area contributed by atoms with E-state index in [-0.39, 0.29) is 29.8 Å². The molecule has 5 rings (SSSR count). The highest BCUT2D eigenvalue weighted by molar-refractivity contribution is 7.99. The summed E-state index contributed by atoms with van der Waals surface area (Å²) in [4.78, 5) is 10.4. The van der Waals surface area contributed by atoms with Crippen molar-refractivity contribution in [3.8, 4) is 0 Å². The SMILES string of the molecule is Cl.NC1c2ccccc2C(c2cnc(Sc3cccc(Cl)c3Cl)cn2)C12CCNCC2. The van der Waals surface area contributed by atoms with E-state index in [0.717, 1.165) is 41.5 Å². The molecule has 2 atom stereocenters. The van der Waals surface area contributed by atoms with E-state index in [1.807, 2.05) is 24.5 Å². The molecule has 0 bridgehead atoms. The Kier molecular flexibility index (Phi) is 6.82. The van der Waals surface area contributed by atoms with Crippen molar-refractivity contribution >= 4 is 47.4 Å². The molecule has 1 saturated heterocycles. The molecule has 1 aromatic heterocycles. The number of benzene rings is 2. The Morgan fingerprint density at radius 3 is 2.42 bits per heavy atom. The predicted molar refractivity (Wildman–Crippen MR) is 130 cm³/mol. The molecule has 2 unspecified atom stereocenters. The van der Waals surface area contributed by atoms with Gasteiger partial charge in [-0.1, -0.05) is 65.3 Å². The topological polar surface area (TPSA) is 63.8 Å². The maximum atomic E-state index is 6.84. The van der Waals surface area contributed by atoms with Gasteiger partial charge in [-0.2, -0.15) is 0 Å². The van der Waals surface area contributed by atoms with Gasteiger partial charge in [-0.15, -0.1) is 12.4 Å². The molecule has 0 saturated carbocycles. The van der Waals surface area contributed by atoms with Crippen LogP contribution in [0.3, 0.4) is 0 Å². The fourth-order valence-corrected chi connectivity index (χ4v) is 6.26. The Morgan fingerprint density at radius 1 is 0.968 bits per heavy atom. The number of aromatic nitrogens is 2. The molecule has 1 spiro atoms. The minimum Gasteiger partial charge on any atom is -0.323 e. The number of rotatable bonds is 3. The van der Waals surface area contributed by atoms with Crippen molar-refractivity contribution in [2.45, 2.75) is 34.7 Å². The second-order valence-electron chi connectivity index (χ2n) is 7.96. The van der Waals surface area contributed by atoms with Gasteiger partial charge in [0.1, 0.15) is 5.03 Å². The number of nitrogens with one attached hydrogen (secondary N) is 1. The van der Waals surface area contributed by atoms with Crippen molar-refractivity contribution in [3.05, 3.63) is 81.7 Å². The highest BCUT2D eigenvalue weighted by Crippen LogP contribution is 2.59. The Labute approximate surface area is 202 Å². The van der Waals surface area contributed by atoms with Crippen molar-refractivity contribution < 1.29 is 0 Å². The van der Waals surface area contributed by atoms with Gasteiger partial charge in [0.15, 0.2) is 0 Å². The Hall–Kier alpha value is -1.34. The molecule has 3 aromatic rings. The van der Waals surface area contributed by atoms with Gasteiger partial charge < -0.3 is 11.1 Å². The van der Waals surface area contributed by atoms with Crippen LogP contribution in [0, 0.1) is 5.41 Å². The molecule has 8 heteroatoms. The second kappa shape index (κ2) is 9.26. The van der Waals surface area contributed by atoms with E-state index < -0.39 is 0 Å². The first kappa shape index (κ1) is 22.8. The number of hydrogen-bond acceptors (Lipinski definition) is 5. The standard InChI is InChI=1S/C23H22Cl2N4S.ClH/c24-16-6-3-7-18(21(16)25)30-19-13-28-17(12-29-19)20-14-4-1-2-5-15(14)22(26)23(20)8-10-27-11-9-23;/h1-7,12-13,20,22,27H,8-11,26H2;1H. The fourth-order valence-electron chi connectivity index (χ4n) is 5.01. The van der Waals surface area contributed by atoms with E-state index in [4.69, 9.17) is 38.9 Å². The van der Waals surface area contributed by atoms with Crippen LogP contribution in [-0.4, -0.2) is 23.1 Å². The van der Waals surface area contributed by atoms with Crippen LogP contribution in [0.1, 0.15) is 41.6 Å². The molecule has 162 valence electrons. The van der Waals surface area contributed by atoms with Crippen molar-refractivity contribution in [2.24, 2.45) is 11.1 Å². The van der Waals surface area contributed by atoms with Gasteiger partial charge in [0.2, 0.25) is 0 Å². The third-order valence-electron chi connectivity index (χ3n) is 6.45. The van der Waals surface area contributed by atoms with Crippen LogP contribution in [-0.2, 0) is 0 Å². The number of nitrogens with zero attached hydrogens (tertiary/aromatic N) is 2. The van der Waals surface area contributed by atoms with Crippen molar-refractivity contribution in [2.75, 3.05) is 13.1 Å². The number of halogens is 3. The lowest BCUT2D eigenvalue weighted by Crippen LogP contribution is -2.44. The average molecular weight is 494 g/mol. The molecule has 1 fully saturated rings. The zero-order valence-electron chi connectivity index (χ0n) is 16.7. The molecular formula is C23H23Cl3N4S. The first-order chi connectivity index (χ1) is 14.6. The molecule has 1 aliphatic heterocycles. The maximum absolute atomic E-state index is 6.84. The molecule has 31 heavy (non-hydrogen) atoms. The van der Waals surface area contributed by atoms with Gasteiger partial charge >= 0.3 is 0 Å². The molecule has 2 aliphatic rings. The van der Waals surface area contributed by atoms with Crippen LogP contribution >= 0.6 is 47.4 Å². The molecular weight excluding hydrogens is 471 g/mol. The highest BCUT2D eigenvalue weighted by Gasteiger charge is 2.52. The lowest BCUT2D eigenvalue weighted by atomic mass is 9.66. The molecule has 3 N–H and O–H groups in total. The summed E-state index contributed by atoms with van der Waals surface area (Å²) in [6.45, 7) is 1.96. The minimum absolute atomic E-state index is 0. The summed E-state index contributed by atoms with van der Waals surface area (Å²) in [5.74, 6) is 0.159. The quantitative estimate of drug-likeness (QED) is 0.477. The predicted octanol–water partition coefficient (Wildman–Crippen LogP) is 5.87. The number of fused-ring (bicyclic) bond motifs is 1. The first-order valence-corrected chi connectivity index (χ1v) is 11.7. The number of hydrogen-bond donors (Lipinski definition) is 2. The van der Waals surface area contributed by atoms with Gasteiger partial charge in [0, 0.05) is 22.3 Å². The summed E-state index contributed by atoms with van der Waals surface area (Å²) in [7, 11) is 0. The van der Waals surface area contributed by atoms with Crippen LogP contribution in [0.15, 0.2) is 64.8 Å². The minimum atomic E-state index is -0.0193. The number of nitrogens with two attached hydrogens (primary N) is 1. The van der Waals surface area contributed by atoms with Gasteiger partial charge in [0.05, 0.1) is 28.1 Å². The Balaban J connectivity index is 0.00000231. The zero-order valence-corrected chi connectivity index (χ0v) is 19.9. The van der Waals surface area contributed by atoms with Crippen molar-refractivity contribution in [1.82, 2.24) is 15.3 Å². The van der Waals surface area contributed by atoms with E-state index in [1.165, 1.54) is 22.9 Å². The van der Waals surface area contributed by atoms with Crippen LogP contribution in [0.2, 0.25) is 10.0 Å². The molecule has 4 nitrogen and oxygen atoms in total. The maximum Gasteiger partial charge on any atom is 0.119 e. The molecule has 2 heterocycles. The summed E-state index contributed by atoms with van der Waals surface area (Å²) in [5, 5.41) is 5.35. The summed E-state index contributed by atoms with van der Waals surface area (Å²) in [6, 6.07) is 14.2. The van der Waals surface area contributed by atoms with Crippen molar-refractivity contribution in [1.29, 1.82) is 0 Å². The normalized spacial score (nSPS) is 21.5. The third-order valence-corrected chi connectivity index (χ3v) is 8.36. The molecule has 2 aromatic carbocycles. The van der Waals surface area contributed by atoms with Crippen LogP contribution in [0.4, 0.5) is 0 Å². The average Bonchev–Trinajstić information content (AvgIpc) is 3.01. The number of piperidine rings is 1. The summed E-state index contributed by atoms with van der Waals surface area (Å²) >= 11 is 13.9. The van der Waals surface area contributed by atoms with Crippen LogP contribution in [0.5, 0.6) is 0 Å². The fraction of sp³-hybridized carbons (Fsp3) is 0.304. The molecule has 0 amide bonds. The second-order valence-corrected chi connectivity index (χ2v) is 9.80. The Morgan fingerprint density at radius 2 is 1.71 bits per heavy atom. The molecule has 0 radical (unpaired) electrons. The first-order valence-electron chi connectivity index (χ1n) is 10.1. The van der Waals surface area contributed by atoms with Crippen LogP contribution in [0.25, 0.3) is 0 Å². The molecule has 1 aliphatic carbocycles. The Bertz CT molecular complexity index is 1070.